The SMILES string of the molecule is CCCN(c1ccc([N+](=O)[O-])c(OCC)c1)C1CNC1. The summed E-state index contributed by atoms with van der Waals surface area (Å²) in [5.41, 5.74) is 1.02. The maximum absolute atomic E-state index is 11.0. The van der Waals surface area contributed by atoms with Gasteiger partial charge in [0.15, 0.2) is 5.75 Å². The second-order valence-corrected chi connectivity index (χ2v) is 4.85. The largest absolute Gasteiger partial charge is 0.487 e. The Kier molecular flexibility index (Phi) is 4.79. The van der Waals surface area contributed by atoms with Crippen molar-refractivity contribution >= 4 is 11.4 Å². The molecule has 0 radical (unpaired) electrons. The molecule has 2 rings (SSSR count). The first-order valence-corrected chi connectivity index (χ1v) is 7.06. The van der Waals surface area contributed by atoms with Crippen LogP contribution in [0.4, 0.5) is 11.4 Å². The third-order valence-corrected chi connectivity index (χ3v) is 3.44. The lowest BCUT2D eigenvalue weighted by Crippen LogP contribution is -2.57. The number of hydrogen-bond donors (Lipinski definition) is 1. The number of hydrogen-bond acceptors (Lipinski definition) is 5. The van der Waals surface area contributed by atoms with E-state index in [4.69, 9.17) is 4.74 Å². The number of nitro benzene ring substituents is 1. The van der Waals surface area contributed by atoms with Gasteiger partial charge in [-0.2, -0.15) is 0 Å². The summed E-state index contributed by atoms with van der Waals surface area (Å²) in [6.45, 7) is 7.24. The van der Waals surface area contributed by atoms with Crippen LogP contribution >= 0.6 is 0 Å². The summed E-state index contributed by atoms with van der Waals surface area (Å²) in [7, 11) is 0. The average Bonchev–Trinajstić information content (AvgIpc) is 2.36. The zero-order chi connectivity index (χ0) is 14.5. The van der Waals surface area contributed by atoms with Crippen LogP contribution in [0.2, 0.25) is 0 Å². The van der Waals surface area contributed by atoms with Crippen molar-refractivity contribution in [3.8, 4) is 5.75 Å². The molecular formula is C14H21N3O3. The molecule has 1 saturated heterocycles. The third-order valence-electron chi connectivity index (χ3n) is 3.44. The van der Waals surface area contributed by atoms with Crippen LogP contribution in [0, 0.1) is 10.1 Å². The normalized spacial score (nSPS) is 14.7. The van der Waals surface area contributed by atoms with Gasteiger partial charge in [-0.1, -0.05) is 6.92 Å². The summed E-state index contributed by atoms with van der Waals surface area (Å²) in [4.78, 5) is 12.9. The van der Waals surface area contributed by atoms with Gasteiger partial charge in [-0.05, 0) is 19.4 Å². The fraction of sp³-hybridized carbons (Fsp3) is 0.571. The van der Waals surface area contributed by atoms with E-state index in [1.165, 1.54) is 6.07 Å². The predicted molar refractivity (Wildman–Crippen MR) is 78.6 cm³/mol. The van der Waals surface area contributed by atoms with E-state index in [9.17, 15) is 10.1 Å². The van der Waals surface area contributed by atoms with Gasteiger partial charge >= 0.3 is 5.69 Å². The van der Waals surface area contributed by atoms with E-state index in [0.29, 0.717) is 18.4 Å². The molecule has 0 aliphatic carbocycles. The highest BCUT2D eigenvalue weighted by atomic mass is 16.6. The number of anilines is 1. The predicted octanol–water partition coefficient (Wildman–Crippen LogP) is 2.18. The van der Waals surface area contributed by atoms with Gasteiger partial charge in [0.05, 0.1) is 17.6 Å². The maximum Gasteiger partial charge on any atom is 0.311 e. The van der Waals surface area contributed by atoms with Gasteiger partial charge in [0.2, 0.25) is 0 Å². The number of ether oxygens (including phenoxy) is 1. The molecule has 6 nitrogen and oxygen atoms in total. The molecule has 6 heteroatoms. The highest BCUT2D eigenvalue weighted by Crippen LogP contribution is 2.32. The molecule has 1 aromatic carbocycles. The van der Waals surface area contributed by atoms with Crippen molar-refractivity contribution < 1.29 is 9.66 Å². The molecule has 0 unspecified atom stereocenters. The Morgan fingerprint density at radius 1 is 1.45 bits per heavy atom. The molecule has 1 N–H and O–H groups in total. The van der Waals surface area contributed by atoms with Crippen LogP contribution in [0.25, 0.3) is 0 Å². The van der Waals surface area contributed by atoms with Crippen molar-refractivity contribution in [2.75, 3.05) is 31.1 Å². The second-order valence-electron chi connectivity index (χ2n) is 4.85. The molecule has 20 heavy (non-hydrogen) atoms. The zero-order valence-corrected chi connectivity index (χ0v) is 12.0. The first-order valence-electron chi connectivity index (χ1n) is 7.06. The van der Waals surface area contributed by atoms with E-state index in [-0.39, 0.29) is 5.69 Å². The highest BCUT2D eigenvalue weighted by molar-refractivity contribution is 5.60. The molecule has 1 fully saturated rings. The Bertz CT molecular complexity index is 475. The molecule has 0 spiro atoms. The van der Waals surface area contributed by atoms with Gasteiger partial charge in [0.1, 0.15) is 0 Å². The fourth-order valence-corrected chi connectivity index (χ4v) is 2.36. The number of benzene rings is 1. The van der Waals surface area contributed by atoms with Crippen LogP contribution in [0.5, 0.6) is 5.75 Å². The Morgan fingerprint density at radius 2 is 2.20 bits per heavy atom. The van der Waals surface area contributed by atoms with Crippen molar-refractivity contribution in [2.45, 2.75) is 26.3 Å². The molecule has 0 amide bonds. The van der Waals surface area contributed by atoms with Crippen LogP contribution < -0.4 is 15.0 Å². The molecule has 0 bridgehead atoms. The van der Waals surface area contributed by atoms with E-state index in [1.54, 1.807) is 6.07 Å². The number of rotatable bonds is 7. The molecule has 1 heterocycles. The molecule has 0 aromatic heterocycles. The zero-order valence-electron chi connectivity index (χ0n) is 12.0. The number of nitro groups is 1. The minimum absolute atomic E-state index is 0.0267. The van der Waals surface area contributed by atoms with Gasteiger partial charge < -0.3 is 15.0 Å². The fourth-order valence-electron chi connectivity index (χ4n) is 2.36. The molecule has 1 aromatic rings. The molecule has 0 atom stereocenters. The number of nitrogens with zero attached hydrogens (tertiary/aromatic N) is 2. The summed E-state index contributed by atoms with van der Waals surface area (Å²) in [5, 5.41) is 14.3. The van der Waals surface area contributed by atoms with E-state index < -0.39 is 4.92 Å². The topological polar surface area (TPSA) is 67.6 Å². The van der Waals surface area contributed by atoms with E-state index >= 15 is 0 Å². The average molecular weight is 279 g/mol. The van der Waals surface area contributed by atoms with Crippen molar-refractivity contribution in [3.63, 3.8) is 0 Å². The van der Waals surface area contributed by atoms with E-state index in [0.717, 1.165) is 31.7 Å². The van der Waals surface area contributed by atoms with Crippen LogP contribution in [0.3, 0.4) is 0 Å². The van der Waals surface area contributed by atoms with E-state index in [1.807, 2.05) is 13.0 Å². The van der Waals surface area contributed by atoms with Gasteiger partial charge in [-0.3, -0.25) is 10.1 Å². The lowest BCUT2D eigenvalue weighted by Gasteiger charge is -2.39. The third kappa shape index (κ3) is 3.01. The van der Waals surface area contributed by atoms with Crippen molar-refractivity contribution in [1.82, 2.24) is 5.32 Å². The minimum Gasteiger partial charge on any atom is -0.487 e. The summed E-state index contributed by atoms with van der Waals surface area (Å²) < 4.78 is 5.41. The van der Waals surface area contributed by atoms with Crippen LogP contribution in [-0.2, 0) is 0 Å². The van der Waals surface area contributed by atoms with Gasteiger partial charge in [0.25, 0.3) is 0 Å². The summed E-state index contributed by atoms with van der Waals surface area (Å²) in [6.07, 6.45) is 1.04. The number of nitrogens with one attached hydrogen (secondary N) is 1. The summed E-state index contributed by atoms with van der Waals surface area (Å²) in [6, 6.07) is 5.60. The quantitative estimate of drug-likeness (QED) is 0.612. The Balaban J connectivity index is 2.29. The first-order chi connectivity index (χ1) is 9.67. The molecule has 110 valence electrons. The maximum atomic E-state index is 11.0. The Labute approximate surface area is 118 Å². The second kappa shape index (κ2) is 6.56. The van der Waals surface area contributed by atoms with Gasteiger partial charge in [-0.25, -0.2) is 0 Å². The minimum atomic E-state index is -0.399. The van der Waals surface area contributed by atoms with Crippen molar-refractivity contribution in [3.05, 3.63) is 28.3 Å². The van der Waals surface area contributed by atoms with Gasteiger partial charge in [-0.15, -0.1) is 0 Å². The summed E-state index contributed by atoms with van der Waals surface area (Å²) >= 11 is 0. The van der Waals surface area contributed by atoms with Crippen LogP contribution in [-0.4, -0.2) is 37.2 Å². The smallest absolute Gasteiger partial charge is 0.311 e. The van der Waals surface area contributed by atoms with Crippen LogP contribution in [0.1, 0.15) is 20.3 Å². The monoisotopic (exact) mass is 279 g/mol. The molecular weight excluding hydrogens is 258 g/mol. The van der Waals surface area contributed by atoms with Gasteiger partial charge in [0, 0.05) is 37.5 Å². The van der Waals surface area contributed by atoms with Crippen molar-refractivity contribution in [2.24, 2.45) is 0 Å². The molecule has 0 saturated carbocycles. The summed E-state index contributed by atoms with van der Waals surface area (Å²) in [5.74, 6) is 0.350. The Morgan fingerprint density at radius 3 is 2.70 bits per heavy atom. The Hall–Kier alpha value is -1.82. The lowest BCUT2D eigenvalue weighted by molar-refractivity contribution is -0.385. The lowest BCUT2D eigenvalue weighted by atomic mass is 10.1. The molecule has 1 aliphatic rings. The molecule has 1 aliphatic heterocycles. The highest BCUT2D eigenvalue weighted by Gasteiger charge is 2.26. The van der Waals surface area contributed by atoms with E-state index in [2.05, 4.69) is 17.1 Å². The standard InChI is InChI=1S/C14H21N3O3/c1-3-7-16(12-9-15-10-12)11-5-6-13(17(18)19)14(8-11)20-4-2/h5-6,8,12,15H,3-4,7,9-10H2,1-2H3. The first kappa shape index (κ1) is 14.6. The van der Waals surface area contributed by atoms with Crippen LogP contribution in [0.15, 0.2) is 18.2 Å². The van der Waals surface area contributed by atoms with Crippen molar-refractivity contribution in [1.29, 1.82) is 0 Å².